The number of hydrazine groups is 1. The van der Waals surface area contributed by atoms with Gasteiger partial charge >= 0.3 is 0 Å². The van der Waals surface area contributed by atoms with E-state index < -0.39 is 0 Å². The molecule has 0 aromatic heterocycles. The Bertz CT molecular complexity index is 146. The largest absolute Gasteiger partial charge is 0.330 e. The van der Waals surface area contributed by atoms with Crippen LogP contribution in [0.5, 0.6) is 0 Å². The molecule has 0 aromatic rings. The topological polar surface area (TPSA) is 116 Å². The maximum Gasteiger partial charge on any atom is 0.00973 e. The molecule has 0 aliphatic carbocycles. The Hall–Kier alpha value is -0.200. The Kier molecular flexibility index (Phi) is 45.0. The Balaban J connectivity index is -0.000000111. The minimum absolute atomic E-state index is 0.713. The van der Waals surface area contributed by atoms with Gasteiger partial charge < -0.3 is 17.2 Å². The van der Waals surface area contributed by atoms with Crippen LogP contribution in [0.3, 0.4) is 0 Å². The van der Waals surface area contributed by atoms with Crippen molar-refractivity contribution < 1.29 is 0 Å². The quantitative estimate of drug-likeness (QED) is 0.235. The van der Waals surface area contributed by atoms with Crippen LogP contribution >= 0.6 is 0 Å². The number of nitrogens with two attached hydrogens (primary N) is 4. The number of hydrogen-bond donors (Lipinski definition) is 5. The van der Waals surface area contributed by atoms with Crippen LogP contribution in [0.4, 0.5) is 0 Å². The van der Waals surface area contributed by atoms with Gasteiger partial charge in [-0.15, -0.1) is 0 Å². The summed E-state index contributed by atoms with van der Waals surface area (Å²) in [5.74, 6) is 6.45. The summed E-state index contributed by atoms with van der Waals surface area (Å²) in [6.07, 6.45) is 8.50. The Morgan fingerprint density at radius 2 is 1.33 bits per heavy atom. The molecule has 152 valence electrons. The lowest BCUT2D eigenvalue weighted by molar-refractivity contribution is 0.576. The summed E-state index contributed by atoms with van der Waals surface area (Å²) in [6.45, 7) is 16.4. The summed E-state index contributed by atoms with van der Waals surface area (Å²) >= 11 is 0. The second kappa shape index (κ2) is 34.2. The molecular formula is C19H51N5. The fourth-order valence-electron chi connectivity index (χ4n) is 1.17. The molecule has 9 N–H and O–H groups in total. The van der Waals surface area contributed by atoms with Crippen LogP contribution < -0.4 is 28.5 Å². The van der Waals surface area contributed by atoms with E-state index in [0.717, 1.165) is 38.5 Å². The standard InChI is InChI=1S/3C5H13N.C4H12N2/c1-5(2)3-4-6;1-3-5(2)4-6;1-2-3-4-5-6;1-2-3-4-6-5/h2*5H,3-4,6H2,1-2H3;2-6H2,1H3;6H,2-5H2,1H3. The molecule has 5 nitrogen and oxygen atoms in total. The highest BCUT2D eigenvalue weighted by molar-refractivity contribution is 4.45. The van der Waals surface area contributed by atoms with Crippen molar-refractivity contribution in [2.24, 2.45) is 34.9 Å². The summed E-state index contributed by atoms with van der Waals surface area (Å²) in [5.41, 5.74) is 18.3. The maximum atomic E-state index is 5.28. The van der Waals surface area contributed by atoms with Crippen LogP contribution in [0.15, 0.2) is 0 Å². The average molecular weight is 350 g/mol. The third-order valence-electron chi connectivity index (χ3n) is 3.33. The van der Waals surface area contributed by atoms with E-state index in [4.69, 9.17) is 23.0 Å². The second-order valence-electron chi connectivity index (χ2n) is 6.52. The summed E-state index contributed by atoms with van der Waals surface area (Å²) in [4.78, 5) is 0. The molecule has 1 atom stereocenters. The minimum atomic E-state index is 0.713. The molecule has 0 aliphatic rings. The molecule has 0 amide bonds. The third-order valence-corrected chi connectivity index (χ3v) is 3.33. The molecule has 0 fully saturated rings. The molecule has 0 saturated heterocycles. The fraction of sp³-hybridized carbons (Fsp3) is 1.00. The molecule has 0 bridgehead atoms. The van der Waals surface area contributed by atoms with Gasteiger partial charge in [0.25, 0.3) is 0 Å². The zero-order valence-corrected chi connectivity index (χ0v) is 17.7. The van der Waals surface area contributed by atoms with Crippen molar-refractivity contribution in [1.29, 1.82) is 0 Å². The SMILES string of the molecule is CC(C)CCN.CCC(C)CN.CCCCCN.CCCCNN. The lowest BCUT2D eigenvalue weighted by atomic mass is 10.1. The molecule has 0 aliphatic heterocycles. The highest BCUT2D eigenvalue weighted by Crippen LogP contribution is 1.94. The van der Waals surface area contributed by atoms with Crippen molar-refractivity contribution in [1.82, 2.24) is 5.43 Å². The van der Waals surface area contributed by atoms with Crippen LogP contribution in [0, 0.1) is 11.8 Å². The first-order valence-corrected chi connectivity index (χ1v) is 9.95. The summed E-state index contributed by atoms with van der Waals surface area (Å²) in [7, 11) is 0. The third kappa shape index (κ3) is 57.6. The van der Waals surface area contributed by atoms with Gasteiger partial charge in [-0.1, -0.05) is 67.2 Å². The van der Waals surface area contributed by atoms with E-state index in [9.17, 15) is 0 Å². The van der Waals surface area contributed by atoms with E-state index in [2.05, 4.69) is 47.0 Å². The lowest BCUT2D eigenvalue weighted by Gasteiger charge is -1.98. The van der Waals surface area contributed by atoms with Gasteiger partial charge in [0.2, 0.25) is 0 Å². The number of nitrogens with one attached hydrogen (secondary N) is 1. The van der Waals surface area contributed by atoms with Gasteiger partial charge in [-0.3, -0.25) is 11.3 Å². The van der Waals surface area contributed by atoms with Crippen molar-refractivity contribution in [2.45, 2.75) is 86.5 Å². The van der Waals surface area contributed by atoms with Gasteiger partial charge in [-0.25, -0.2) is 0 Å². The maximum absolute atomic E-state index is 5.28. The first kappa shape index (κ1) is 31.6. The van der Waals surface area contributed by atoms with Gasteiger partial charge in [0.05, 0.1) is 0 Å². The smallest absolute Gasteiger partial charge is 0.00973 e. The molecule has 0 heterocycles. The summed E-state index contributed by atoms with van der Waals surface area (Å²) < 4.78 is 0. The van der Waals surface area contributed by atoms with Crippen molar-refractivity contribution in [3.05, 3.63) is 0 Å². The predicted octanol–water partition coefficient (Wildman–Crippen LogP) is 3.37. The van der Waals surface area contributed by atoms with E-state index in [0.29, 0.717) is 5.92 Å². The van der Waals surface area contributed by atoms with E-state index in [1.807, 2.05) is 0 Å². The van der Waals surface area contributed by atoms with E-state index in [-0.39, 0.29) is 0 Å². The Morgan fingerprint density at radius 3 is 1.42 bits per heavy atom. The summed E-state index contributed by atoms with van der Waals surface area (Å²) in [6, 6.07) is 0. The van der Waals surface area contributed by atoms with Gasteiger partial charge in [0.1, 0.15) is 0 Å². The monoisotopic (exact) mass is 349 g/mol. The molecule has 0 saturated carbocycles. The minimum Gasteiger partial charge on any atom is -0.330 e. The summed E-state index contributed by atoms with van der Waals surface area (Å²) in [5, 5.41) is 0. The normalized spacial score (nSPS) is 10.6. The van der Waals surface area contributed by atoms with E-state index in [1.54, 1.807) is 0 Å². The zero-order chi connectivity index (χ0) is 19.6. The molecule has 0 aromatic carbocycles. The van der Waals surface area contributed by atoms with Crippen LogP contribution in [0.2, 0.25) is 0 Å². The molecule has 0 rings (SSSR count). The molecule has 1 unspecified atom stereocenters. The molecule has 5 heteroatoms. The lowest BCUT2D eigenvalue weighted by Crippen LogP contribution is -2.22. The van der Waals surface area contributed by atoms with Crippen LogP contribution in [-0.4, -0.2) is 26.2 Å². The first-order valence-electron chi connectivity index (χ1n) is 9.95. The van der Waals surface area contributed by atoms with Crippen molar-refractivity contribution in [3.63, 3.8) is 0 Å². The van der Waals surface area contributed by atoms with Crippen LogP contribution in [0.25, 0.3) is 0 Å². The molecular weight excluding hydrogens is 298 g/mol. The van der Waals surface area contributed by atoms with E-state index in [1.165, 1.54) is 38.5 Å². The zero-order valence-electron chi connectivity index (χ0n) is 17.7. The fourth-order valence-corrected chi connectivity index (χ4v) is 1.17. The molecule has 0 spiro atoms. The van der Waals surface area contributed by atoms with Crippen molar-refractivity contribution in [3.8, 4) is 0 Å². The van der Waals surface area contributed by atoms with Gasteiger partial charge in [-0.05, 0) is 50.7 Å². The molecule has 0 radical (unpaired) electrons. The predicted molar refractivity (Wildman–Crippen MR) is 113 cm³/mol. The Labute approximate surface area is 153 Å². The highest BCUT2D eigenvalue weighted by atomic mass is 15.2. The molecule has 24 heavy (non-hydrogen) atoms. The Morgan fingerprint density at radius 1 is 0.792 bits per heavy atom. The van der Waals surface area contributed by atoms with Crippen LogP contribution in [0.1, 0.15) is 86.5 Å². The van der Waals surface area contributed by atoms with Crippen molar-refractivity contribution in [2.75, 3.05) is 26.2 Å². The van der Waals surface area contributed by atoms with Gasteiger partial charge in [0, 0.05) is 6.54 Å². The number of rotatable bonds is 10. The first-order chi connectivity index (χ1) is 11.4. The van der Waals surface area contributed by atoms with Gasteiger partial charge in [-0.2, -0.15) is 0 Å². The average Bonchev–Trinajstić information content (AvgIpc) is 2.58. The second-order valence-corrected chi connectivity index (χ2v) is 6.52. The van der Waals surface area contributed by atoms with Crippen LogP contribution in [-0.2, 0) is 0 Å². The van der Waals surface area contributed by atoms with Gasteiger partial charge in [0.15, 0.2) is 0 Å². The number of hydrogen-bond acceptors (Lipinski definition) is 5. The number of unbranched alkanes of at least 4 members (excludes halogenated alkanes) is 3. The van der Waals surface area contributed by atoms with E-state index >= 15 is 0 Å². The highest BCUT2D eigenvalue weighted by Gasteiger charge is 1.89. The van der Waals surface area contributed by atoms with Crippen molar-refractivity contribution >= 4 is 0 Å².